The fourth-order valence-corrected chi connectivity index (χ4v) is 8.33. The number of aryl methyl sites for hydroxylation is 1. The molecule has 266 valence electrons. The van der Waals surface area contributed by atoms with Crippen LogP contribution in [0.15, 0.2) is 200 Å². The van der Waals surface area contributed by atoms with Crippen molar-refractivity contribution >= 4 is 84.7 Å². The third kappa shape index (κ3) is 6.22. The maximum absolute atomic E-state index is 2.43. The number of hydrogen-bond donors (Lipinski definition) is 0. The van der Waals surface area contributed by atoms with E-state index in [4.69, 9.17) is 0 Å². The maximum atomic E-state index is 2.43. The zero-order chi connectivity index (χ0) is 37.3. The molecule has 0 saturated heterocycles. The topological polar surface area (TPSA) is 6.48 Å². The van der Waals surface area contributed by atoms with Crippen molar-refractivity contribution in [2.75, 3.05) is 9.80 Å². The Hall–Kier alpha value is -7.16. The molecular weight excluding hydrogens is 677 g/mol. The van der Waals surface area contributed by atoms with E-state index in [1.165, 1.54) is 54.8 Å². The average Bonchev–Trinajstić information content (AvgIpc) is 3.27. The first-order valence-corrected chi connectivity index (χ1v) is 19.5. The van der Waals surface area contributed by atoms with Crippen LogP contribution in [0.1, 0.15) is 28.7 Å². The molecule has 0 aromatic heterocycles. The van der Waals surface area contributed by atoms with Crippen molar-refractivity contribution in [2.24, 2.45) is 0 Å². The van der Waals surface area contributed by atoms with E-state index in [2.05, 4.69) is 228 Å². The van der Waals surface area contributed by atoms with Crippen LogP contribution >= 0.6 is 0 Å². The minimum atomic E-state index is 1.07. The standard InChI is InChI=1S/C54H40N2/c1-5-21-47-41(13-1)17-9-25-51(47)55(52-26-10-18-42-14-2-6-22-48(42)52)45-35-31-39(32-36-45)29-30-40-33-37-46(38-34-40)56(53-27-11-19-43-15-3-7-23-49(43)53)54-28-12-20-44-16-4-8-24-50(44)54/h1-3,5-15,17-38H,4,16H2/b30-29+. The van der Waals surface area contributed by atoms with Crippen molar-refractivity contribution in [2.45, 2.75) is 12.8 Å². The fraction of sp³-hybridized carbons (Fsp3) is 0.0370. The molecule has 0 bridgehead atoms. The van der Waals surface area contributed by atoms with Gasteiger partial charge in [-0.3, -0.25) is 0 Å². The highest BCUT2D eigenvalue weighted by molar-refractivity contribution is 6.05. The van der Waals surface area contributed by atoms with Gasteiger partial charge in [-0.25, -0.2) is 0 Å². The first-order valence-electron chi connectivity index (χ1n) is 19.5. The molecule has 56 heavy (non-hydrogen) atoms. The van der Waals surface area contributed by atoms with E-state index in [1.54, 1.807) is 0 Å². The number of anilines is 6. The largest absolute Gasteiger partial charge is 0.309 e. The van der Waals surface area contributed by atoms with E-state index in [0.717, 1.165) is 46.7 Å². The molecule has 0 atom stereocenters. The van der Waals surface area contributed by atoms with Crippen LogP contribution in [0, 0.1) is 0 Å². The van der Waals surface area contributed by atoms with Crippen LogP contribution in [0.5, 0.6) is 0 Å². The molecule has 0 N–H and O–H groups in total. The smallest absolute Gasteiger partial charge is 0.0540 e. The van der Waals surface area contributed by atoms with Crippen molar-refractivity contribution in [3.8, 4) is 0 Å². The van der Waals surface area contributed by atoms with Crippen LogP contribution in [0.3, 0.4) is 0 Å². The van der Waals surface area contributed by atoms with Gasteiger partial charge in [-0.15, -0.1) is 0 Å². The first-order chi connectivity index (χ1) is 27.8. The predicted molar refractivity (Wildman–Crippen MR) is 241 cm³/mol. The van der Waals surface area contributed by atoms with Gasteiger partial charge in [0.2, 0.25) is 0 Å². The van der Waals surface area contributed by atoms with E-state index in [1.807, 2.05) is 0 Å². The lowest BCUT2D eigenvalue weighted by Crippen LogP contribution is -2.13. The molecule has 0 heterocycles. The van der Waals surface area contributed by atoms with E-state index in [0.29, 0.717) is 0 Å². The number of nitrogens with zero attached hydrogens (tertiary/aromatic N) is 2. The van der Waals surface area contributed by atoms with E-state index < -0.39 is 0 Å². The number of fused-ring (bicyclic) bond motifs is 4. The van der Waals surface area contributed by atoms with E-state index >= 15 is 0 Å². The fourth-order valence-electron chi connectivity index (χ4n) is 8.33. The van der Waals surface area contributed by atoms with Gasteiger partial charge in [0, 0.05) is 33.1 Å². The number of hydrogen-bond acceptors (Lipinski definition) is 2. The quantitative estimate of drug-likeness (QED) is 0.144. The summed E-state index contributed by atoms with van der Waals surface area (Å²) in [6.45, 7) is 0. The van der Waals surface area contributed by atoms with Crippen molar-refractivity contribution in [3.63, 3.8) is 0 Å². The summed E-state index contributed by atoms with van der Waals surface area (Å²) in [4.78, 5) is 4.83. The molecule has 0 fully saturated rings. The summed E-state index contributed by atoms with van der Waals surface area (Å²) < 4.78 is 0. The molecule has 10 rings (SSSR count). The minimum Gasteiger partial charge on any atom is -0.309 e. The van der Waals surface area contributed by atoms with Gasteiger partial charge in [0.05, 0.1) is 22.7 Å². The summed E-state index contributed by atoms with van der Waals surface area (Å²) in [5.41, 5.74) is 12.0. The molecule has 0 radical (unpaired) electrons. The number of benzene rings is 9. The van der Waals surface area contributed by atoms with Crippen LogP contribution in [-0.4, -0.2) is 0 Å². The second-order valence-corrected chi connectivity index (χ2v) is 14.5. The van der Waals surface area contributed by atoms with Crippen LogP contribution in [-0.2, 0) is 6.42 Å². The molecule has 9 aromatic rings. The molecule has 2 heteroatoms. The SMILES string of the molecule is C1=Cc2c(cccc2N(c2ccc(/C=C/c3ccc(N(c4cccc5ccccc45)c4cccc5ccccc45)cc3)cc2)c2cccc3ccccc23)CC1. The number of rotatable bonds is 8. The van der Waals surface area contributed by atoms with Crippen LogP contribution in [0.25, 0.3) is 50.5 Å². The van der Waals surface area contributed by atoms with Gasteiger partial charge in [-0.2, -0.15) is 0 Å². The first kappa shape index (κ1) is 33.4. The van der Waals surface area contributed by atoms with Crippen LogP contribution in [0.2, 0.25) is 0 Å². The van der Waals surface area contributed by atoms with Gasteiger partial charge in [0.25, 0.3) is 0 Å². The zero-order valence-corrected chi connectivity index (χ0v) is 31.1. The zero-order valence-electron chi connectivity index (χ0n) is 31.1. The van der Waals surface area contributed by atoms with Crippen molar-refractivity contribution < 1.29 is 0 Å². The third-order valence-electron chi connectivity index (χ3n) is 11.1. The van der Waals surface area contributed by atoms with E-state index in [9.17, 15) is 0 Å². The monoisotopic (exact) mass is 716 g/mol. The Morgan fingerprint density at radius 2 is 0.750 bits per heavy atom. The van der Waals surface area contributed by atoms with E-state index in [-0.39, 0.29) is 0 Å². The lowest BCUT2D eigenvalue weighted by atomic mass is 9.94. The van der Waals surface area contributed by atoms with Gasteiger partial charge >= 0.3 is 0 Å². The van der Waals surface area contributed by atoms with Crippen LogP contribution < -0.4 is 9.80 Å². The summed E-state index contributed by atoms with van der Waals surface area (Å²) >= 11 is 0. The molecule has 0 spiro atoms. The van der Waals surface area contributed by atoms with Gasteiger partial charge < -0.3 is 9.80 Å². The summed E-state index contributed by atoms with van der Waals surface area (Å²) in [6.07, 6.45) is 11.2. The maximum Gasteiger partial charge on any atom is 0.0540 e. The molecule has 1 aliphatic carbocycles. The van der Waals surface area contributed by atoms with Gasteiger partial charge in [-0.05, 0) is 94.2 Å². The molecule has 0 unspecified atom stereocenters. The Labute approximate surface area is 328 Å². The highest BCUT2D eigenvalue weighted by Crippen LogP contribution is 2.44. The molecular formula is C54H40N2. The molecule has 9 aromatic carbocycles. The average molecular weight is 717 g/mol. The second kappa shape index (κ2) is 14.6. The minimum absolute atomic E-state index is 1.07. The highest BCUT2D eigenvalue weighted by atomic mass is 15.2. The Kier molecular flexibility index (Phi) is 8.70. The third-order valence-corrected chi connectivity index (χ3v) is 11.1. The Morgan fingerprint density at radius 1 is 0.357 bits per heavy atom. The van der Waals surface area contributed by atoms with Crippen molar-refractivity contribution in [3.05, 3.63) is 222 Å². The molecule has 2 nitrogen and oxygen atoms in total. The van der Waals surface area contributed by atoms with Gasteiger partial charge in [0.15, 0.2) is 0 Å². The summed E-state index contributed by atoms with van der Waals surface area (Å²) in [5.74, 6) is 0. The second-order valence-electron chi connectivity index (χ2n) is 14.5. The van der Waals surface area contributed by atoms with Crippen molar-refractivity contribution in [1.82, 2.24) is 0 Å². The predicted octanol–water partition coefficient (Wildman–Crippen LogP) is 15.2. The van der Waals surface area contributed by atoms with Gasteiger partial charge in [0.1, 0.15) is 0 Å². The van der Waals surface area contributed by atoms with Gasteiger partial charge in [-0.1, -0.05) is 170 Å². The summed E-state index contributed by atoms with van der Waals surface area (Å²) in [7, 11) is 0. The summed E-state index contributed by atoms with van der Waals surface area (Å²) in [5, 5.41) is 7.36. The van der Waals surface area contributed by atoms with Crippen molar-refractivity contribution in [1.29, 1.82) is 0 Å². The molecule has 0 saturated carbocycles. The lowest BCUT2D eigenvalue weighted by Gasteiger charge is -2.30. The number of allylic oxidation sites excluding steroid dienone is 1. The molecule has 0 amide bonds. The lowest BCUT2D eigenvalue weighted by molar-refractivity contribution is 0.984. The molecule has 0 aliphatic heterocycles. The Balaban J connectivity index is 0.988. The normalized spacial score (nSPS) is 12.4. The Bertz CT molecular complexity index is 2820. The van der Waals surface area contributed by atoms with Crippen LogP contribution in [0.4, 0.5) is 34.1 Å². The Morgan fingerprint density at radius 3 is 1.23 bits per heavy atom. The molecule has 1 aliphatic rings. The highest BCUT2D eigenvalue weighted by Gasteiger charge is 2.21. The summed E-state index contributed by atoms with van der Waals surface area (Å²) in [6, 6.07) is 70.3.